The lowest BCUT2D eigenvalue weighted by atomic mass is 10.1. The Balaban J connectivity index is 1.52. The fraction of sp³-hybridized carbons (Fsp3) is 0.222. The summed E-state index contributed by atoms with van der Waals surface area (Å²) in [5, 5.41) is 2.59. The summed E-state index contributed by atoms with van der Waals surface area (Å²) in [5.41, 5.74) is 2.32. The van der Waals surface area contributed by atoms with E-state index in [2.05, 4.69) is 5.32 Å². The number of nitrogens with one attached hydrogen (secondary N) is 1. The third-order valence-electron chi connectivity index (χ3n) is 6.32. The Hall–Kier alpha value is -4.22. The van der Waals surface area contributed by atoms with Gasteiger partial charge < -0.3 is 14.8 Å². The molecule has 0 bridgehead atoms. The topological polar surface area (TPSA) is 122 Å². The Bertz CT molecular complexity index is 1520. The second kappa shape index (κ2) is 9.92. The van der Waals surface area contributed by atoms with Crippen LogP contribution in [-0.4, -0.2) is 43.3 Å². The second-order valence-electron chi connectivity index (χ2n) is 9.07. The van der Waals surface area contributed by atoms with Crippen molar-refractivity contribution in [2.75, 3.05) is 17.0 Å². The number of benzene rings is 3. The number of carbonyl (C=O) groups is 3. The molecule has 2 heterocycles. The highest BCUT2D eigenvalue weighted by molar-refractivity contribution is 7.89. The first-order chi connectivity index (χ1) is 18.1. The van der Waals surface area contributed by atoms with Crippen LogP contribution in [0.15, 0.2) is 71.6 Å². The Morgan fingerprint density at radius 3 is 2.37 bits per heavy atom. The van der Waals surface area contributed by atoms with Crippen LogP contribution in [0.5, 0.6) is 11.5 Å². The van der Waals surface area contributed by atoms with Crippen molar-refractivity contribution in [3.63, 3.8) is 0 Å². The number of hydrogen-bond donors (Lipinski definition) is 1. The summed E-state index contributed by atoms with van der Waals surface area (Å²) in [6.07, 6.45) is -0.305. The lowest BCUT2D eigenvalue weighted by Gasteiger charge is -2.27. The van der Waals surface area contributed by atoms with Gasteiger partial charge >= 0.3 is 0 Å². The van der Waals surface area contributed by atoms with Crippen LogP contribution >= 0.6 is 0 Å². The fourth-order valence-corrected chi connectivity index (χ4v) is 6.01. The lowest BCUT2D eigenvalue weighted by molar-refractivity contribution is -0.122. The number of sulfonamides is 1. The van der Waals surface area contributed by atoms with Crippen molar-refractivity contribution < 1.29 is 32.3 Å². The Kier molecular flexibility index (Phi) is 6.64. The fourth-order valence-electron chi connectivity index (χ4n) is 4.44. The molecule has 0 aliphatic carbocycles. The molecule has 11 heteroatoms. The third kappa shape index (κ3) is 4.85. The number of rotatable bonds is 7. The van der Waals surface area contributed by atoms with Gasteiger partial charge in [0.15, 0.2) is 11.5 Å². The van der Waals surface area contributed by atoms with Crippen LogP contribution in [0, 0.1) is 6.92 Å². The van der Waals surface area contributed by atoms with Gasteiger partial charge in [0.05, 0.1) is 17.0 Å². The molecule has 1 fully saturated rings. The zero-order valence-corrected chi connectivity index (χ0v) is 21.5. The van der Waals surface area contributed by atoms with E-state index in [1.54, 1.807) is 42.5 Å². The summed E-state index contributed by atoms with van der Waals surface area (Å²) >= 11 is 0. The standard InChI is InChI=1S/C27H25N3O7S/c1-17-3-8-21(9-4-17)30-26(32)14-23(27(30)33)29(15-19-5-12-24-25(13-19)37-16-36-24)38(34,35)22-10-6-20(7-11-22)28-18(2)31/h3-13,23H,14-16H2,1-2H3,(H,28,31). The number of aryl methyl sites for hydroxylation is 1. The number of carbonyl (C=O) groups excluding carboxylic acids is 3. The van der Waals surface area contributed by atoms with Crippen LogP contribution in [-0.2, 0) is 31.0 Å². The number of amides is 3. The first kappa shape index (κ1) is 25.4. The molecule has 38 heavy (non-hydrogen) atoms. The van der Waals surface area contributed by atoms with E-state index in [4.69, 9.17) is 9.47 Å². The van der Waals surface area contributed by atoms with Gasteiger partial charge in [0.2, 0.25) is 28.6 Å². The van der Waals surface area contributed by atoms with E-state index in [0.29, 0.717) is 28.4 Å². The van der Waals surface area contributed by atoms with Crippen LogP contribution in [0.4, 0.5) is 11.4 Å². The molecule has 0 spiro atoms. The van der Waals surface area contributed by atoms with Gasteiger partial charge in [-0.05, 0) is 61.0 Å². The minimum atomic E-state index is -4.26. The number of fused-ring (bicyclic) bond motifs is 1. The number of hydrogen-bond acceptors (Lipinski definition) is 7. The quantitative estimate of drug-likeness (QED) is 0.461. The number of nitrogens with zero attached hydrogens (tertiary/aromatic N) is 2. The van der Waals surface area contributed by atoms with Gasteiger partial charge in [0.25, 0.3) is 5.91 Å². The monoisotopic (exact) mass is 535 g/mol. The van der Waals surface area contributed by atoms with Gasteiger partial charge in [-0.2, -0.15) is 4.31 Å². The lowest BCUT2D eigenvalue weighted by Crippen LogP contribution is -2.45. The minimum absolute atomic E-state index is 0.0581. The minimum Gasteiger partial charge on any atom is -0.454 e. The van der Waals surface area contributed by atoms with E-state index < -0.39 is 27.9 Å². The molecule has 1 N–H and O–H groups in total. The molecule has 10 nitrogen and oxygen atoms in total. The molecule has 2 aliphatic heterocycles. The summed E-state index contributed by atoms with van der Waals surface area (Å²) < 4.78 is 39.7. The van der Waals surface area contributed by atoms with Crippen molar-refractivity contribution in [1.82, 2.24) is 4.31 Å². The molecular formula is C27H25N3O7S. The number of anilines is 2. The van der Waals surface area contributed by atoms with Crippen LogP contribution in [0.1, 0.15) is 24.5 Å². The average Bonchev–Trinajstić information content (AvgIpc) is 3.46. The van der Waals surface area contributed by atoms with Crippen LogP contribution in [0.25, 0.3) is 0 Å². The Morgan fingerprint density at radius 2 is 1.68 bits per heavy atom. The summed E-state index contributed by atoms with van der Waals surface area (Å²) in [4.78, 5) is 38.9. The number of imide groups is 1. The summed E-state index contributed by atoms with van der Waals surface area (Å²) in [7, 11) is -4.26. The van der Waals surface area contributed by atoms with Crippen molar-refractivity contribution in [2.24, 2.45) is 0 Å². The van der Waals surface area contributed by atoms with Crippen LogP contribution in [0.2, 0.25) is 0 Å². The van der Waals surface area contributed by atoms with E-state index in [9.17, 15) is 22.8 Å². The van der Waals surface area contributed by atoms with Gasteiger partial charge in [-0.25, -0.2) is 13.3 Å². The number of ether oxygens (including phenoxy) is 2. The zero-order chi connectivity index (χ0) is 27.0. The maximum atomic E-state index is 13.9. The summed E-state index contributed by atoms with van der Waals surface area (Å²) in [6.45, 7) is 3.11. The van der Waals surface area contributed by atoms with Gasteiger partial charge in [0.1, 0.15) is 6.04 Å². The highest BCUT2D eigenvalue weighted by atomic mass is 32.2. The summed E-state index contributed by atoms with van der Waals surface area (Å²) in [6, 6.07) is 16.3. The molecule has 1 atom stereocenters. The average molecular weight is 536 g/mol. The van der Waals surface area contributed by atoms with Crippen molar-refractivity contribution in [2.45, 2.75) is 37.8 Å². The van der Waals surface area contributed by atoms with Crippen molar-refractivity contribution in [3.05, 3.63) is 77.9 Å². The molecule has 1 saturated heterocycles. The SMILES string of the molecule is CC(=O)Nc1ccc(S(=O)(=O)N(Cc2ccc3c(c2)OCO3)C2CC(=O)N(c3ccc(C)cc3)C2=O)cc1. The predicted molar refractivity (Wildman–Crippen MR) is 138 cm³/mol. The third-order valence-corrected chi connectivity index (χ3v) is 8.19. The van der Waals surface area contributed by atoms with Crippen molar-refractivity contribution in [1.29, 1.82) is 0 Å². The first-order valence-corrected chi connectivity index (χ1v) is 13.3. The molecule has 1 unspecified atom stereocenters. The molecule has 196 valence electrons. The van der Waals surface area contributed by atoms with E-state index in [1.165, 1.54) is 31.2 Å². The normalized spacial score (nSPS) is 16.8. The first-order valence-electron chi connectivity index (χ1n) is 11.8. The highest BCUT2D eigenvalue weighted by Gasteiger charge is 2.47. The van der Waals surface area contributed by atoms with Crippen molar-refractivity contribution >= 4 is 39.1 Å². The molecule has 5 rings (SSSR count). The molecule has 2 aliphatic rings. The largest absolute Gasteiger partial charge is 0.454 e. The molecule has 3 amide bonds. The van der Waals surface area contributed by atoms with Gasteiger partial charge in [-0.15, -0.1) is 0 Å². The Morgan fingerprint density at radius 1 is 1.00 bits per heavy atom. The maximum Gasteiger partial charge on any atom is 0.252 e. The van der Waals surface area contributed by atoms with Crippen LogP contribution < -0.4 is 19.7 Å². The van der Waals surface area contributed by atoms with E-state index in [-0.39, 0.29) is 30.6 Å². The van der Waals surface area contributed by atoms with E-state index in [1.807, 2.05) is 6.92 Å². The molecular weight excluding hydrogens is 510 g/mol. The highest BCUT2D eigenvalue weighted by Crippen LogP contribution is 2.35. The molecule has 0 radical (unpaired) electrons. The molecule has 0 saturated carbocycles. The van der Waals surface area contributed by atoms with Gasteiger partial charge in [0, 0.05) is 19.2 Å². The Labute approximate surface area is 219 Å². The smallest absolute Gasteiger partial charge is 0.252 e. The molecule has 3 aromatic rings. The molecule has 3 aromatic carbocycles. The molecule has 0 aromatic heterocycles. The second-order valence-corrected chi connectivity index (χ2v) is 11.0. The maximum absolute atomic E-state index is 13.9. The van der Waals surface area contributed by atoms with Crippen LogP contribution in [0.3, 0.4) is 0 Å². The van der Waals surface area contributed by atoms with E-state index >= 15 is 0 Å². The summed E-state index contributed by atoms with van der Waals surface area (Å²) in [5.74, 6) is -0.408. The van der Waals surface area contributed by atoms with Crippen molar-refractivity contribution in [3.8, 4) is 11.5 Å². The van der Waals surface area contributed by atoms with E-state index in [0.717, 1.165) is 14.8 Å². The predicted octanol–water partition coefficient (Wildman–Crippen LogP) is 3.21. The van der Waals surface area contributed by atoms with Gasteiger partial charge in [-0.3, -0.25) is 14.4 Å². The van der Waals surface area contributed by atoms with Gasteiger partial charge in [-0.1, -0.05) is 23.8 Å². The zero-order valence-electron chi connectivity index (χ0n) is 20.7.